The number of ether oxygens (including phenoxy) is 1. The quantitative estimate of drug-likeness (QED) is 0.785. The minimum Gasteiger partial charge on any atom is -0.496 e. The van der Waals surface area contributed by atoms with E-state index in [0.717, 1.165) is 25.3 Å². The van der Waals surface area contributed by atoms with E-state index in [4.69, 9.17) is 8.85 Å². The molecule has 1 heterocycles. The highest BCUT2D eigenvalue weighted by Crippen LogP contribution is 2.52. The number of methoxy groups -OCH3 is 1. The first-order valence-electron chi connectivity index (χ1n) is 6.27. The number of ketones is 1. The summed E-state index contributed by atoms with van der Waals surface area (Å²) in [6, 6.07) is 2.86. The molecule has 0 aromatic heterocycles. The van der Waals surface area contributed by atoms with E-state index in [2.05, 4.69) is 10.2 Å². The number of rotatable bonds is 3. The Morgan fingerprint density at radius 2 is 2.11 bits per heavy atom. The van der Waals surface area contributed by atoms with Gasteiger partial charge in [-0.1, -0.05) is 6.07 Å². The molecule has 0 aliphatic carbocycles. The minimum atomic E-state index is -4.71. The van der Waals surface area contributed by atoms with Crippen molar-refractivity contribution >= 4 is 5.78 Å². The largest absolute Gasteiger partial charge is 0.496 e. The van der Waals surface area contributed by atoms with E-state index >= 15 is 0 Å². The molecule has 4 nitrogen and oxygen atoms in total. The van der Waals surface area contributed by atoms with Crippen LogP contribution < -0.4 is 4.74 Å². The average molecular weight is 261 g/mol. The third-order valence-electron chi connectivity index (χ3n) is 2.54. The standard InChI is InChI=1S/C11H9F3N2O2/c1-6(17)8-4-3-7(5-9(8)18-2)10(15-16-10)11(12,13)14/h3-5H,1-2H3/i1D3. The van der Waals surface area contributed by atoms with Crippen LogP contribution in [-0.4, -0.2) is 19.1 Å². The van der Waals surface area contributed by atoms with Crippen molar-refractivity contribution in [2.75, 3.05) is 7.11 Å². The van der Waals surface area contributed by atoms with E-state index in [-0.39, 0.29) is 16.9 Å². The summed E-state index contributed by atoms with van der Waals surface area (Å²) >= 11 is 0. The fraction of sp³-hybridized carbons (Fsp3) is 0.364. The van der Waals surface area contributed by atoms with Crippen LogP contribution in [0.15, 0.2) is 28.4 Å². The van der Waals surface area contributed by atoms with Crippen molar-refractivity contribution in [2.45, 2.75) is 18.7 Å². The number of hydrogen-bond acceptors (Lipinski definition) is 4. The van der Waals surface area contributed by atoms with Crippen LogP contribution in [0, 0.1) is 0 Å². The molecule has 0 atom stereocenters. The Morgan fingerprint density at radius 1 is 1.44 bits per heavy atom. The van der Waals surface area contributed by atoms with Gasteiger partial charge in [0.05, 0.1) is 12.7 Å². The fourth-order valence-electron chi connectivity index (χ4n) is 1.54. The Kier molecular flexibility index (Phi) is 1.91. The topological polar surface area (TPSA) is 51.0 Å². The lowest BCUT2D eigenvalue weighted by Crippen LogP contribution is -2.30. The molecular weight excluding hydrogens is 249 g/mol. The SMILES string of the molecule is [2H]C([2H])([2H])C(=O)c1ccc(C2(C(F)(F)F)N=N2)cc1OC. The van der Waals surface area contributed by atoms with Gasteiger partial charge in [0.1, 0.15) is 5.75 Å². The van der Waals surface area contributed by atoms with E-state index in [1.54, 1.807) is 0 Å². The smallest absolute Gasteiger partial charge is 0.442 e. The lowest BCUT2D eigenvalue weighted by atomic mass is 9.99. The minimum absolute atomic E-state index is 0.269. The highest BCUT2D eigenvalue weighted by atomic mass is 19.4. The van der Waals surface area contributed by atoms with Crippen molar-refractivity contribution in [1.82, 2.24) is 0 Å². The number of carbonyl (C=O) groups excluding carboxylic acids is 1. The normalized spacial score (nSPS) is 19.7. The zero-order chi connectivity index (χ0) is 16.1. The highest BCUT2D eigenvalue weighted by molar-refractivity contribution is 5.96. The van der Waals surface area contributed by atoms with Crippen LogP contribution in [-0.2, 0) is 5.66 Å². The summed E-state index contributed by atoms with van der Waals surface area (Å²) in [7, 11) is 1.12. The van der Waals surface area contributed by atoms with E-state index in [0.29, 0.717) is 0 Å². The van der Waals surface area contributed by atoms with Crippen LogP contribution in [0.4, 0.5) is 13.2 Å². The van der Waals surface area contributed by atoms with Gasteiger partial charge in [-0.25, -0.2) is 0 Å². The number of carbonyl (C=O) groups is 1. The Balaban J connectivity index is 2.46. The zero-order valence-corrected chi connectivity index (χ0v) is 9.08. The molecule has 0 fully saturated rings. The van der Waals surface area contributed by atoms with Gasteiger partial charge < -0.3 is 4.74 Å². The van der Waals surface area contributed by atoms with Gasteiger partial charge in [-0.15, -0.1) is 10.2 Å². The van der Waals surface area contributed by atoms with Gasteiger partial charge in [-0.3, -0.25) is 4.79 Å². The molecule has 96 valence electrons. The average Bonchev–Trinajstić information content (AvgIpc) is 3.16. The second kappa shape index (κ2) is 3.79. The molecule has 0 unspecified atom stereocenters. The molecule has 1 aliphatic rings. The Hall–Kier alpha value is -1.92. The Morgan fingerprint density at radius 3 is 2.56 bits per heavy atom. The summed E-state index contributed by atoms with van der Waals surface area (Å²) in [5, 5.41) is 6.04. The van der Waals surface area contributed by atoms with Crippen molar-refractivity contribution < 1.29 is 26.8 Å². The molecule has 0 saturated heterocycles. The number of hydrogen-bond donors (Lipinski definition) is 0. The molecular formula is C11H9F3N2O2. The number of alkyl halides is 3. The predicted molar refractivity (Wildman–Crippen MR) is 55.6 cm³/mol. The Bertz CT molecular complexity index is 620. The van der Waals surface area contributed by atoms with E-state index in [1.807, 2.05) is 0 Å². The zero-order valence-electron chi connectivity index (χ0n) is 12.1. The summed E-state index contributed by atoms with van der Waals surface area (Å²) in [5.41, 5.74) is -3.31. The van der Waals surface area contributed by atoms with Gasteiger partial charge in [0, 0.05) is 9.68 Å². The van der Waals surface area contributed by atoms with E-state index in [9.17, 15) is 18.0 Å². The third kappa shape index (κ3) is 1.75. The first kappa shape index (κ1) is 9.07. The first-order valence-corrected chi connectivity index (χ1v) is 4.77. The van der Waals surface area contributed by atoms with Gasteiger partial charge in [0.2, 0.25) is 0 Å². The third-order valence-corrected chi connectivity index (χ3v) is 2.54. The second-order valence-electron chi connectivity index (χ2n) is 3.61. The lowest BCUT2D eigenvalue weighted by Gasteiger charge is -2.16. The van der Waals surface area contributed by atoms with Crippen LogP contribution >= 0.6 is 0 Å². The maximum atomic E-state index is 12.9. The summed E-state index contributed by atoms with van der Waals surface area (Å²) in [6.07, 6.45) is -4.71. The van der Waals surface area contributed by atoms with Gasteiger partial charge in [-0.2, -0.15) is 13.2 Å². The summed E-state index contributed by atoms with van der Waals surface area (Å²) in [5.74, 6) is -1.48. The molecule has 0 saturated carbocycles. The van der Waals surface area contributed by atoms with Crippen LogP contribution in [0.3, 0.4) is 0 Å². The maximum absolute atomic E-state index is 12.9. The molecule has 0 amide bonds. The molecule has 1 aromatic carbocycles. The fourth-order valence-corrected chi connectivity index (χ4v) is 1.54. The molecule has 0 radical (unpaired) electrons. The molecule has 7 heteroatoms. The number of Topliss-reactive ketones (excluding diaryl/α,β-unsaturated/α-hetero) is 1. The van der Waals surface area contributed by atoms with E-state index in [1.165, 1.54) is 0 Å². The lowest BCUT2D eigenvalue weighted by molar-refractivity contribution is -0.166. The van der Waals surface area contributed by atoms with Crippen LogP contribution in [0.1, 0.15) is 26.9 Å². The van der Waals surface area contributed by atoms with Crippen LogP contribution in [0.2, 0.25) is 0 Å². The molecule has 0 bridgehead atoms. The summed E-state index contributed by atoms with van der Waals surface area (Å²) in [4.78, 5) is 11.7. The van der Waals surface area contributed by atoms with Crippen LogP contribution in [0.5, 0.6) is 5.75 Å². The van der Waals surface area contributed by atoms with Crippen molar-refractivity contribution in [1.29, 1.82) is 0 Å². The monoisotopic (exact) mass is 261 g/mol. The second-order valence-corrected chi connectivity index (χ2v) is 3.61. The van der Waals surface area contributed by atoms with Crippen molar-refractivity contribution in [3.63, 3.8) is 0 Å². The Labute approximate surface area is 105 Å². The van der Waals surface area contributed by atoms with Gasteiger partial charge in [0.25, 0.3) is 0 Å². The molecule has 1 aromatic rings. The highest BCUT2D eigenvalue weighted by Gasteiger charge is 2.65. The molecule has 0 spiro atoms. The van der Waals surface area contributed by atoms with Gasteiger partial charge in [-0.05, 0) is 19.0 Å². The predicted octanol–water partition coefficient (Wildman–Crippen LogP) is 3.08. The number of halogens is 3. The molecule has 0 N–H and O–H groups in total. The molecule has 2 rings (SSSR count). The van der Waals surface area contributed by atoms with Crippen LogP contribution in [0.25, 0.3) is 0 Å². The first-order chi connectivity index (χ1) is 9.53. The van der Waals surface area contributed by atoms with Gasteiger partial charge >= 0.3 is 11.8 Å². The maximum Gasteiger partial charge on any atom is 0.442 e. The van der Waals surface area contributed by atoms with Crippen molar-refractivity contribution in [3.8, 4) is 5.75 Å². The van der Waals surface area contributed by atoms with Crippen molar-refractivity contribution in [2.24, 2.45) is 10.2 Å². The number of benzene rings is 1. The summed E-state index contributed by atoms with van der Waals surface area (Å²) < 4.78 is 64.6. The summed E-state index contributed by atoms with van der Waals surface area (Å²) in [6.45, 7) is -2.91. The molecule has 1 aliphatic heterocycles. The van der Waals surface area contributed by atoms with Crippen molar-refractivity contribution in [3.05, 3.63) is 29.3 Å². The number of nitrogens with zero attached hydrogens (tertiary/aromatic N) is 2. The van der Waals surface area contributed by atoms with E-state index < -0.39 is 24.5 Å². The molecule has 18 heavy (non-hydrogen) atoms. The van der Waals surface area contributed by atoms with Gasteiger partial charge in [0.15, 0.2) is 5.78 Å².